The highest BCUT2D eigenvalue weighted by Crippen LogP contribution is 2.12. The average molecular weight is 235 g/mol. The molecule has 0 aliphatic carbocycles. The van der Waals surface area contributed by atoms with Gasteiger partial charge in [0.25, 0.3) is 0 Å². The van der Waals surface area contributed by atoms with Crippen molar-refractivity contribution in [2.75, 3.05) is 27.3 Å². The largest absolute Gasteiger partial charge is 0.384 e. The third kappa shape index (κ3) is 4.17. The van der Waals surface area contributed by atoms with E-state index in [0.29, 0.717) is 0 Å². The highest BCUT2D eigenvalue weighted by atomic mass is 16.5. The number of ether oxygens (including phenoxy) is 1. The van der Waals surface area contributed by atoms with Gasteiger partial charge >= 0.3 is 0 Å². The number of nitrogens with two attached hydrogens (primary N) is 1. The SMILES string of the molecule is COCCN(C)Cc1ccc(C(=N)N)cc1C. The summed E-state index contributed by atoms with van der Waals surface area (Å²) >= 11 is 0. The molecule has 1 aromatic carbocycles. The Labute approximate surface area is 103 Å². The summed E-state index contributed by atoms with van der Waals surface area (Å²) in [7, 11) is 3.78. The maximum atomic E-state index is 7.39. The van der Waals surface area contributed by atoms with Gasteiger partial charge < -0.3 is 10.5 Å². The highest BCUT2D eigenvalue weighted by Gasteiger charge is 2.05. The van der Waals surface area contributed by atoms with Crippen LogP contribution in [-0.2, 0) is 11.3 Å². The first-order valence-electron chi connectivity index (χ1n) is 5.66. The Bertz CT molecular complexity index is 390. The minimum absolute atomic E-state index is 0.118. The van der Waals surface area contributed by atoms with Crippen LogP contribution in [0.1, 0.15) is 16.7 Å². The summed E-state index contributed by atoms with van der Waals surface area (Å²) in [5.41, 5.74) is 8.67. The van der Waals surface area contributed by atoms with Crippen molar-refractivity contribution in [2.24, 2.45) is 5.73 Å². The molecule has 0 radical (unpaired) electrons. The van der Waals surface area contributed by atoms with Gasteiger partial charge in [-0.3, -0.25) is 10.3 Å². The van der Waals surface area contributed by atoms with E-state index < -0.39 is 0 Å². The third-order valence-electron chi connectivity index (χ3n) is 2.77. The summed E-state index contributed by atoms with van der Waals surface area (Å²) in [6.07, 6.45) is 0. The Morgan fingerprint density at radius 3 is 2.71 bits per heavy atom. The van der Waals surface area contributed by atoms with Crippen molar-refractivity contribution < 1.29 is 4.74 Å². The number of nitrogens with one attached hydrogen (secondary N) is 1. The van der Waals surface area contributed by atoms with Gasteiger partial charge in [0.1, 0.15) is 5.84 Å². The lowest BCUT2D eigenvalue weighted by atomic mass is 10.0. The van der Waals surface area contributed by atoms with Crippen LogP contribution in [0.25, 0.3) is 0 Å². The number of amidine groups is 1. The molecule has 0 aliphatic rings. The molecular formula is C13H21N3O. The summed E-state index contributed by atoms with van der Waals surface area (Å²) < 4.78 is 5.04. The van der Waals surface area contributed by atoms with Crippen LogP contribution < -0.4 is 5.73 Å². The van der Waals surface area contributed by atoms with Crippen molar-refractivity contribution in [3.05, 3.63) is 34.9 Å². The first-order chi connectivity index (χ1) is 8.04. The predicted octanol–water partition coefficient (Wildman–Crippen LogP) is 1.36. The van der Waals surface area contributed by atoms with Gasteiger partial charge in [-0.2, -0.15) is 0 Å². The van der Waals surface area contributed by atoms with Gasteiger partial charge in [-0.25, -0.2) is 0 Å². The number of hydrogen-bond acceptors (Lipinski definition) is 3. The van der Waals surface area contributed by atoms with Crippen molar-refractivity contribution in [1.82, 2.24) is 4.90 Å². The van der Waals surface area contributed by atoms with Gasteiger partial charge in [0.2, 0.25) is 0 Å². The number of methoxy groups -OCH3 is 1. The minimum atomic E-state index is 0.118. The van der Waals surface area contributed by atoms with Crippen LogP contribution in [0.4, 0.5) is 0 Å². The van der Waals surface area contributed by atoms with E-state index in [2.05, 4.69) is 11.9 Å². The van der Waals surface area contributed by atoms with Crippen molar-refractivity contribution in [2.45, 2.75) is 13.5 Å². The number of likely N-dealkylation sites (N-methyl/N-ethyl adjacent to an activating group) is 1. The molecule has 1 rings (SSSR count). The van der Waals surface area contributed by atoms with Gasteiger partial charge in [-0.1, -0.05) is 12.1 Å². The Morgan fingerprint density at radius 1 is 1.47 bits per heavy atom. The molecule has 94 valence electrons. The maximum absolute atomic E-state index is 7.39. The van der Waals surface area contributed by atoms with Crippen LogP contribution in [0.15, 0.2) is 18.2 Å². The molecule has 4 heteroatoms. The van der Waals surface area contributed by atoms with E-state index in [1.807, 2.05) is 25.1 Å². The molecule has 1 aromatic rings. The summed E-state index contributed by atoms with van der Waals surface area (Å²) in [6.45, 7) is 4.57. The topological polar surface area (TPSA) is 62.3 Å². The van der Waals surface area contributed by atoms with Crippen LogP contribution in [0, 0.1) is 12.3 Å². The number of benzene rings is 1. The zero-order valence-electron chi connectivity index (χ0n) is 10.8. The standard InChI is InChI=1S/C13H21N3O/c1-10-8-11(13(14)15)4-5-12(10)9-16(2)6-7-17-3/h4-5,8H,6-7,9H2,1-3H3,(H3,14,15). The molecule has 17 heavy (non-hydrogen) atoms. The summed E-state index contributed by atoms with van der Waals surface area (Å²) in [5.74, 6) is 0.118. The first kappa shape index (κ1) is 13.7. The van der Waals surface area contributed by atoms with Crippen molar-refractivity contribution in [3.63, 3.8) is 0 Å². The molecule has 0 unspecified atom stereocenters. The van der Waals surface area contributed by atoms with Gasteiger partial charge in [-0.15, -0.1) is 0 Å². The quantitative estimate of drug-likeness (QED) is 0.578. The minimum Gasteiger partial charge on any atom is -0.384 e. The average Bonchev–Trinajstić information content (AvgIpc) is 2.28. The Balaban J connectivity index is 2.69. The molecule has 0 saturated carbocycles. The molecule has 0 aromatic heterocycles. The summed E-state index contributed by atoms with van der Waals surface area (Å²) in [5, 5.41) is 7.39. The van der Waals surface area contributed by atoms with E-state index in [0.717, 1.165) is 25.3 Å². The molecule has 3 N–H and O–H groups in total. The van der Waals surface area contributed by atoms with Gasteiger partial charge in [-0.05, 0) is 31.2 Å². The second kappa shape index (κ2) is 6.37. The fraction of sp³-hybridized carbons (Fsp3) is 0.462. The Kier molecular flexibility index (Phi) is 5.12. The number of aryl methyl sites for hydroxylation is 1. The monoisotopic (exact) mass is 235 g/mol. The molecular weight excluding hydrogens is 214 g/mol. The molecule has 0 atom stereocenters. The molecule has 0 fully saturated rings. The summed E-state index contributed by atoms with van der Waals surface area (Å²) in [6, 6.07) is 5.89. The van der Waals surface area contributed by atoms with E-state index in [-0.39, 0.29) is 5.84 Å². The highest BCUT2D eigenvalue weighted by molar-refractivity contribution is 5.95. The maximum Gasteiger partial charge on any atom is 0.122 e. The fourth-order valence-electron chi connectivity index (χ4n) is 1.66. The van der Waals surface area contributed by atoms with Gasteiger partial charge in [0, 0.05) is 25.8 Å². The number of hydrogen-bond donors (Lipinski definition) is 2. The molecule has 0 spiro atoms. The van der Waals surface area contributed by atoms with Crippen LogP contribution in [-0.4, -0.2) is 38.0 Å². The van der Waals surface area contributed by atoms with Crippen molar-refractivity contribution >= 4 is 5.84 Å². The Hall–Kier alpha value is -1.39. The second-order valence-corrected chi connectivity index (χ2v) is 4.29. The summed E-state index contributed by atoms with van der Waals surface area (Å²) in [4.78, 5) is 2.21. The lowest BCUT2D eigenvalue weighted by Crippen LogP contribution is -2.23. The van der Waals surface area contributed by atoms with Gasteiger partial charge in [0.05, 0.1) is 6.61 Å². The lowest BCUT2D eigenvalue weighted by Gasteiger charge is -2.17. The Morgan fingerprint density at radius 2 is 2.18 bits per heavy atom. The van der Waals surface area contributed by atoms with Gasteiger partial charge in [0.15, 0.2) is 0 Å². The molecule has 0 bridgehead atoms. The van der Waals surface area contributed by atoms with E-state index in [4.69, 9.17) is 15.9 Å². The van der Waals surface area contributed by atoms with Crippen molar-refractivity contribution in [1.29, 1.82) is 5.41 Å². The van der Waals surface area contributed by atoms with E-state index in [1.54, 1.807) is 7.11 Å². The van der Waals surface area contributed by atoms with Crippen LogP contribution >= 0.6 is 0 Å². The van der Waals surface area contributed by atoms with Crippen LogP contribution in [0.2, 0.25) is 0 Å². The first-order valence-corrected chi connectivity index (χ1v) is 5.66. The molecule has 0 heterocycles. The molecule has 0 saturated heterocycles. The zero-order chi connectivity index (χ0) is 12.8. The number of nitrogen functional groups attached to an aromatic ring is 1. The lowest BCUT2D eigenvalue weighted by molar-refractivity contribution is 0.158. The molecule has 4 nitrogen and oxygen atoms in total. The van der Waals surface area contributed by atoms with E-state index >= 15 is 0 Å². The van der Waals surface area contributed by atoms with E-state index in [1.165, 1.54) is 11.1 Å². The normalized spacial score (nSPS) is 10.8. The van der Waals surface area contributed by atoms with Crippen LogP contribution in [0.5, 0.6) is 0 Å². The smallest absolute Gasteiger partial charge is 0.122 e. The number of rotatable bonds is 6. The van der Waals surface area contributed by atoms with Crippen LogP contribution in [0.3, 0.4) is 0 Å². The third-order valence-corrected chi connectivity index (χ3v) is 2.77. The zero-order valence-corrected chi connectivity index (χ0v) is 10.8. The fourth-order valence-corrected chi connectivity index (χ4v) is 1.66. The molecule has 0 aliphatic heterocycles. The predicted molar refractivity (Wildman–Crippen MR) is 70.4 cm³/mol. The van der Waals surface area contributed by atoms with E-state index in [9.17, 15) is 0 Å². The molecule has 0 amide bonds. The second-order valence-electron chi connectivity index (χ2n) is 4.29. The number of nitrogens with zero attached hydrogens (tertiary/aromatic N) is 1. The van der Waals surface area contributed by atoms with Crippen molar-refractivity contribution in [3.8, 4) is 0 Å².